The number of nitrogens with one attached hydrogen (secondary N) is 2. The fourth-order valence-corrected chi connectivity index (χ4v) is 0.518. The Hall–Kier alpha value is -0.515. The van der Waals surface area contributed by atoms with E-state index in [1.54, 1.807) is 12.3 Å². The summed E-state index contributed by atoms with van der Waals surface area (Å²) in [6, 6.07) is 0. The Labute approximate surface area is 47.3 Å². The van der Waals surface area contributed by atoms with Crippen molar-refractivity contribution in [3.05, 3.63) is 12.3 Å². The molecule has 0 fully saturated rings. The molecule has 1 aliphatic heterocycles. The van der Waals surface area contributed by atoms with Crippen LogP contribution in [0.4, 0.5) is 0 Å². The highest BCUT2D eigenvalue weighted by molar-refractivity contribution is 6.44. The summed E-state index contributed by atoms with van der Waals surface area (Å²) in [6.45, 7) is 0. The van der Waals surface area contributed by atoms with Crippen LogP contribution in [0.5, 0.6) is 0 Å². The van der Waals surface area contributed by atoms with Crippen LogP contribution in [0, 0.1) is 0 Å². The van der Waals surface area contributed by atoms with E-state index in [1.807, 2.05) is 0 Å². The lowest BCUT2D eigenvalue weighted by molar-refractivity contribution is 0.384. The molecule has 1 aliphatic rings. The van der Waals surface area contributed by atoms with E-state index in [9.17, 15) is 0 Å². The summed E-state index contributed by atoms with van der Waals surface area (Å²) >= 11 is 0. The Morgan fingerprint density at radius 1 is 1.50 bits per heavy atom. The van der Waals surface area contributed by atoms with Crippen LogP contribution in [0.1, 0.15) is 0 Å². The molecule has 4 N–H and O–H groups in total. The van der Waals surface area contributed by atoms with Crippen molar-refractivity contribution in [3.63, 3.8) is 0 Å². The zero-order valence-electron chi connectivity index (χ0n) is 4.20. The van der Waals surface area contributed by atoms with E-state index in [0.717, 1.165) is 0 Å². The van der Waals surface area contributed by atoms with Crippen LogP contribution in [0.3, 0.4) is 0 Å². The number of hydrazine groups is 1. The molecule has 1 heterocycles. The van der Waals surface area contributed by atoms with Gasteiger partial charge in [0.05, 0.1) is 5.94 Å². The predicted octanol–water partition coefficient (Wildman–Crippen LogP) is -2.01. The Kier molecular flexibility index (Phi) is 1.52. The number of rotatable bonds is 1. The van der Waals surface area contributed by atoms with Crippen LogP contribution in [-0.4, -0.2) is 23.1 Å². The first kappa shape index (κ1) is 5.62. The second kappa shape index (κ2) is 2.17. The van der Waals surface area contributed by atoms with E-state index < -0.39 is 7.12 Å². The average Bonchev–Trinajstić information content (AvgIpc) is 2.12. The van der Waals surface area contributed by atoms with Crippen LogP contribution >= 0.6 is 0 Å². The summed E-state index contributed by atoms with van der Waals surface area (Å²) in [4.78, 5) is 0. The van der Waals surface area contributed by atoms with E-state index in [4.69, 9.17) is 10.0 Å². The molecule has 0 radical (unpaired) electrons. The van der Waals surface area contributed by atoms with Gasteiger partial charge in [-0.25, -0.2) is 5.43 Å². The van der Waals surface area contributed by atoms with Gasteiger partial charge in [-0.1, -0.05) is 6.08 Å². The monoisotopic (exact) mass is 114 g/mol. The van der Waals surface area contributed by atoms with Crippen molar-refractivity contribution < 1.29 is 10.0 Å². The van der Waals surface area contributed by atoms with Crippen LogP contribution in [0.2, 0.25) is 0 Å². The van der Waals surface area contributed by atoms with Gasteiger partial charge in [0.15, 0.2) is 0 Å². The van der Waals surface area contributed by atoms with Crippen LogP contribution in [0.25, 0.3) is 0 Å². The Bertz CT molecular complexity index is 105. The van der Waals surface area contributed by atoms with Crippen molar-refractivity contribution in [3.8, 4) is 0 Å². The molecular weight excluding hydrogens is 107 g/mol. The van der Waals surface area contributed by atoms with Crippen LogP contribution in [0.15, 0.2) is 12.3 Å². The molecule has 0 aromatic carbocycles. The molecule has 5 heteroatoms. The third-order valence-electron chi connectivity index (χ3n) is 0.958. The molecule has 1 unspecified atom stereocenters. The highest BCUT2D eigenvalue weighted by Gasteiger charge is 2.21. The average molecular weight is 114 g/mol. The molecule has 44 valence electrons. The fourth-order valence-electron chi connectivity index (χ4n) is 0.518. The summed E-state index contributed by atoms with van der Waals surface area (Å²) in [6.07, 6.45) is 3.24. The van der Waals surface area contributed by atoms with Gasteiger partial charge in [0.2, 0.25) is 0 Å². The van der Waals surface area contributed by atoms with Gasteiger partial charge in [0.25, 0.3) is 0 Å². The van der Waals surface area contributed by atoms with E-state index in [2.05, 4.69) is 10.9 Å². The quantitative estimate of drug-likeness (QED) is 0.297. The lowest BCUT2D eigenvalue weighted by Gasteiger charge is -2.04. The number of hydrogen-bond acceptors (Lipinski definition) is 4. The van der Waals surface area contributed by atoms with E-state index in [-0.39, 0.29) is 5.94 Å². The van der Waals surface area contributed by atoms with Gasteiger partial charge < -0.3 is 15.5 Å². The molecule has 1 atom stereocenters. The Balaban J connectivity index is 2.36. The lowest BCUT2D eigenvalue weighted by atomic mass is 9.81. The van der Waals surface area contributed by atoms with Crippen molar-refractivity contribution in [2.45, 2.75) is 5.94 Å². The van der Waals surface area contributed by atoms with Crippen molar-refractivity contribution in [1.82, 2.24) is 10.9 Å². The van der Waals surface area contributed by atoms with Crippen LogP contribution < -0.4 is 10.9 Å². The maximum atomic E-state index is 8.45. The summed E-state index contributed by atoms with van der Waals surface area (Å²) < 4.78 is 0. The van der Waals surface area contributed by atoms with Gasteiger partial charge in [-0.15, -0.1) is 0 Å². The Morgan fingerprint density at radius 3 is 2.50 bits per heavy atom. The van der Waals surface area contributed by atoms with Gasteiger partial charge in [-0.2, -0.15) is 0 Å². The van der Waals surface area contributed by atoms with Crippen LogP contribution in [-0.2, 0) is 0 Å². The molecule has 0 aliphatic carbocycles. The first-order valence-corrected chi connectivity index (χ1v) is 2.34. The normalized spacial score (nSPS) is 25.5. The lowest BCUT2D eigenvalue weighted by Crippen LogP contribution is -2.42. The zero-order valence-corrected chi connectivity index (χ0v) is 4.20. The first-order valence-electron chi connectivity index (χ1n) is 2.34. The molecular formula is C3H7BN2O2. The molecule has 0 aromatic rings. The largest absolute Gasteiger partial charge is 0.475 e. The molecule has 4 nitrogen and oxygen atoms in total. The SMILES string of the molecule is OB(O)C1C=CNN1. The molecule has 8 heavy (non-hydrogen) atoms. The first-order chi connectivity index (χ1) is 3.80. The van der Waals surface area contributed by atoms with Gasteiger partial charge in [-0.05, 0) is 0 Å². The highest BCUT2D eigenvalue weighted by atomic mass is 16.4. The summed E-state index contributed by atoms with van der Waals surface area (Å²) in [7, 11) is -1.32. The third-order valence-corrected chi connectivity index (χ3v) is 0.958. The molecule has 0 spiro atoms. The molecule has 0 amide bonds. The molecule has 0 aromatic heterocycles. The summed E-state index contributed by atoms with van der Waals surface area (Å²) in [5, 5.41) is 16.9. The molecule has 0 saturated carbocycles. The fraction of sp³-hybridized carbons (Fsp3) is 0.333. The second-order valence-corrected chi connectivity index (χ2v) is 1.59. The predicted molar refractivity (Wildman–Crippen MR) is 29.4 cm³/mol. The second-order valence-electron chi connectivity index (χ2n) is 1.59. The maximum absolute atomic E-state index is 8.45. The maximum Gasteiger partial charge on any atom is 0.475 e. The van der Waals surface area contributed by atoms with Crippen molar-refractivity contribution in [1.29, 1.82) is 0 Å². The minimum Gasteiger partial charge on any atom is -0.426 e. The van der Waals surface area contributed by atoms with Crippen molar-refractivity contribution >= 4 is 7.12 Å². The minimum absolute atomic E-state index is 0.366. The molecule has 1 rings (SSSR count). The number of hydrogen-bond donors (Lipinski definition) is 4. The smallest absolute Gasteiger partial charge is 0.426 e. The Morgan fingerprint density at radius 2 is 2.25 bits per heavy atom. The van der Waals surface area contributed by atoms with Gasteiger partial charge in [0.1, 0.15) is 0 Å². The third kappa shape index (κ3) is 1.00. The van der Waals surface area contributed by atoms with Gasteiger partial charge in [0, 0.05) is 6.20 Å². The van der Waals surface area contributed by atoms with Gasteiger partial charge >= 0.3 is 7.12 Å². The molecule has 0 saturated heterocycles. The highest BCUT2D eigenvalue weighted by Crippen LogP contribution is 1.90. The van der Waals surface area contributed by atoms with Gasteiger partial charge in [-0.3, -0.25) is 0 Å². The van der Waals surface area contributed by atoms with Crippen molar-refractivity contribution in [2.24, 2.45) is 0 Å². The standard InChI is InChI=1S/C3H7BN2O2/c7-4(8)3-1-2-5-6-3/h1-3,5-8H. The van der Waals surface area contributed by atoms with E-state index >= 15 is 0 Å². The summed E-state index contributed by atoms with van der Waals surface area (Å²) in [5.41, 5.74) is 5.20. The molecule has 0 bridgehead atoms. The van der Waals surface area contributed by atoms with E-state index in [0.29, 0.717) is 0 Å². The summed E-state index contributed by atoms with van der Waals surface area (Å²) in [5.74, 6) is -0.366. The zero-order chi connectivity index (χ0) is 5.98. The topological polar surface area (TPSA) is 64.5 Å². The minimum atomic E-state index is -1.32. The van der Waals surface area contributed by atoms with Crippen molar-refractivity contribution in [2.75, 3.05) is 0 Å². The van der Waals surface area contributed by atoms with E-state index in [1.165, 1.54) is 0 Å².